The zero-order valence-corrected chi connectivity index (χ0v) is 10.3. The summed E-state index contributed by atoms with van der Waals surface area (Å²) >= 11 is 3.46. The Morgan fingerprint density at radius 3 is 2.50 bits per heavy atom. The first-order chi connectivity index (χ1) is 6.72. The van der Waals surface area contributed by atoms with Crippen LogP contribution >= 0.6 is 15.9 Å². The molecule has 78 valence electrons. The van der Waals surface area contributed by atoms with Gasteiger partial charge < -0.3 is 9.47 Å². The molecular formula is C11H15BrO2. The number of methoxy groups -OCH3 is 2. The Morgan fingerprint density at radius 1 is 1.29 bits per heavy atom. The van der Waals surface area contributed by atoms with Gasteiger partial charge in [-0.05, 0) is 17.5 Å². The minimum Gasteiger partial charge on any atom is -0.497 e. The Kier molecular flexibility index (Phi) is 4.26. The summed E-state index contributed by atoms with van der Waals surface area (Å²) in [6, 6.07) is 5.91. The van der Waals surface area contributed by atoms with Crippen LogP contribution in [0, 0.1) is 0 Å². The Balaban J connectivity index is 3.04. The van der Waals surface area contributed by atoms with E-state index in [0.29, 0.717) is 5.92 Å². The highest BCUT2D eigenvalue weighted by atomic mass is 79.9. The number of alkyl halides is 1. The van der Waals surface area contributed by atoms with E-state index in [-0.39, 0.29) is 0 Å². The molecule has 0 aliphatic rings. The first-order valence-electron chi connectivity index (χ1n) is 4.50. The van der Waals surface area contributed by atoms with Gasteiger partial charge in [-0.25, -0.2) is 0 Å². The first kappa shape index (κ1) is 11.4. The SMILES string of the molecule is COc1ccc(C(C)CBr)c(OC)c1. The van der Waals surface area contributed by atoms with Gasteiger partial charge in [0.25, 0.3) is 0 Å². The second kappa shape index (κ2) is 5.25. The minimum absolute atomic E-state index is 0.441. The van der Waals surface area contributed by atoms with E-state index in [1.807, 2.05) is 18.2 Å². The highest BCUT2D eigenvalue weighted by Crippen LogP contribution is 2.31. The van der Waals surface area contributed by atoms with Crippen LogP contribution in [0.4, 0.5) is 0 Å². The number of hydrogen-bond acceptors (Lipinski definition) is 2. The van der Waals surface area contributed by atoms with Gasteiger partial charge >= 0.3 is 0 Å². The number of rotatable bonds is 4. The molecule has 0 amide bonds. The van der Waals surface area contributed by atoms with Crippen molar-refractivity contribution in [3.05, 3.63) is 23.8 Å². The molecule has 0 spiro atoms. The maximum absolute atomic E-state index is 5.31. The van der Waals surface area contributed by atoms with Crippen molar-refractivity contribution in [3.8, 4) is 11.5 Å². The molecule has 0 radical (unpaired) electrons. The van der Waals surface area contributed by atoms with Crippen LogP contribution in [0.15, 0.2) is 18.2 Å². The molecule has 3 heteroatoms. The molecular weight excluding hydrogens is 244 g/mol. The van der Waals surface area contributed by atoms with Crippen LogP contribution in [-0.2, 0) is 0 Å². The molecule has 0 saturated heterocycles. The van der Waals surface area contributed by atoms with Gasteiger partial charge in [-0.3, -0.25) is 0 Å². The van der Waals surface area contributed by atoms with Crippen LogP contribution in [0.2, 0.25) is 0 Å². The lowest BCUT2D eigenvalue weighted by Gasteiger charge is -2.14. The summed E-state index contributed by atoms with van der Waals surface area (Å²) in [6.45, 7) is 2.15. The lowest BCUT2D eigenvalue weighted by atomic mass is 10.0. The maximum Gasteiger partial charge on any atom is 0.126 e. The summed E-state index contributed by atoms with van der Waals surface area (Å²) in [5, 5.41) is 0.926. The van der Waals surface area contributed by atoms with Crippen LogP contribution in [0.1, 0.15) is 18.4 Å². The van der Waals surface area contributed by atoms with Crippen molar-refractivity contribution in [2.24, 2.45) is 0 Å². The Bertz CT molecular complexity index is 299. The largest absolute Gasteiger partial charge is 0.497 e. The monoisotopic (exact) mass is 258 g/mol. The standard InChI is InChI=1S/C11H15BrO2/c1-8(7-12)10-5-4-9(13-2)6-11(10)14-3/h4-6,8H,7H2,1-3H3. The van der Waals surface area contributed by atoms with E-state index in [2.05, 4.69) is 22.9 Å². The summed E-state index contributed by atoms with van der Waals surface area (Å²) in [5.74, 6) is 2.15. The van der Waals surface area contributed by atoms with Gasteiger partial charge in [0.15, 0.2) is 0 Å². The van der Waals surface area contributed by atoms with Gasteiger partial charge in [-0.2, -0.15) is 0 Å². The van der Waals surface area contributed by atoms with Crippen LogP contribution in [0.5, 0.6) is 11.5 Å². The molecule has 1 atom stereocenters. The van der Waals surface area contributed by atoms with Gasteiger partial charge in [-0.15, -0.1) is 0 Å². The quantitative estimate of drug-likeness (QED) is 0.773. The van der Waals surface area contributed by atoms with Gasteiger partial charge in [0.05, 0.1) is 14.2 Å². The van der Waals surface area contributed by atoms with Crippen molar-refractivity contribution in [2.75, 3.05) is 19.5 Å². The Labute approximate surface area is 93.4 Å². The maximum atomic E-state index is 5.31. The summed E-state index contributed by atoms with van der Waals surface area (Å²) in [7, 11) is 3.33. The molecule has 1 aromatic carbocycles. The molecule has 0 bridgehead atoms. The molecule has 2 nitrogen and oxygen atoms in total. The molecule has 0 aromatic heterocycles. The highest BCUT2D eigenvalue weighted by molar-refractivity contribution is 9.09. The molecule has 1 unspecified atom stereocenters. The number of ether oxygens (including phenoxy) is 2. The van der Waals surface area contributed by atoms with Crippen LogP contribution in [0.3, 0.4) is 0 Å². The number of halogens is 1. The third-order valence-electron chi connectivity index (χ3n) is 2.20. The third kappa shape index (κ3) is 2.41. The van der Waals surface area contributed by atoms with E-state index in [4.69, 9.17) is 9.47 Å². The van der Waals surface area contributed by atoms with E-state index in [0.717, 1.165) is 16.8 Å². The predicted octanol–water partition coefficient (Wildman–Crippen LogP) is 3.20. The van der Waals surface area contributed by atoms with Gasteiger partial charge in [-0.1, -0.05) is 28.9 Å². The van der Waals surface area contributed by atoms with Crippen molar-refractivity contribution in [1.82, 2.24) is 0 Å². The highest BCUT2D eigenvalue weighted by Gasteiger charge is 2.10. The Morgan fingerprint density at radius 2 is 2.00 bits per heavy atom. The number of hydrogen-bond donors (Lipinski definition) is 0. The summed E-state index contributed by atoms with van der Waals surface area (Å²) < 4.78 is 10.4. The lowest BCUT2D eigenvalue weighted by Crippen LogP contribution is -1.99. The molecule has 0 aliphatic heterocycles. The molecule has 0 aliphatic carbocycles. The second-order valence-electron chi connectivity index (χ2n) is 3.16. The van der Waals surface area contributed by atoms with Gasteiger partial charge in [0.1, 0.15) is 11.5 Å². The molecule has 1 aromatic rings. The molecule has 1 rings (SSSR count). The molecule has 0 heterocycles. The van der Waals surface area contributed by atoms with Crippen LogP contribution < -0.4 is 9.47 Å². The molecule has 0 saturated carbocycles. The van der Waals surface area contributed by atoms with Gasteiger partial charge in [0.2, 0.25) is 0 Å². The average molecular weight is 259 g/mol. The van der Waals surface area contributed by atoms with E-state index < -0.39 is 0 Å². The number of benzene rings is 1. The zero-order chi connectivity index (χ0) is 10.6. The van der Waals surface area contributed by atoms with E-state index in [1.165, 1.54) is 5.56 Å². The summed E-state index contributed by atoms with van der Waals surface area (Å²) in [5.41, 5.74) is 1.20. The molecule has 0 fully saturated rings. The fourth-order valence-corrected chi connectivity index (χ4v) is 1.66. The minimum atomic E-state index is 0.441. The van der Waals surface area contributed by atoms with E-state index in [9.17, 15) is 0 Å². The fourth-order valence-electron chi connectivity index (χ4n) is 1.31. The van der Waals surface area contributed by atoms with Crippen molar-refractivity contribution in [2.45, 2.75) is 12.8 Å². The van der Waals surface area contributed by atoms with E-state index >= 15 is 0 Å². The van der Waals surface area contributed by atoms with Crippen LogP contribution in [0.25, 0.3) is 0 Å². The predicted molar refractivity (Wildman–Crippen MR) is 61.8 cm³/mol. The molecule has 0 N–H and O–H groups in total. The summed E-state index contributed by atoms with van der Waals surface area (Å²) in [4.78, 5) is 0. The third-order valence-corrected chi connectivity index (χ3v) is 3.17. The molecule has 14 heavy (non-hydrogen) atoms. The second-order valence-corrected chi connectivity index (χ2v) is 3.81. The van der Waals surface area contributed by atoms with Crippen molar-refractivity contribution in [1.29, 1.82) is 0 Å². The van der Waals surface area contributed by atoms with Crippen molar-refractivity contribution < 1.29 is 9.47 Å². The van der Waals surface area contributed by atoms with Crippen LogP contribution in [-0.4, -0.2) is 19.5 Å². The zero-order valence-electron chi connectivity index (χ0n) is 8.71. The van der Waals surface area contributed by atoms with E-state index in [1.54, 1.807) is 14.2 Å². The van der Waals surface area contributed by atoms with Crippen molar-refractivity contribution in [3.63, 3.8) is 0 Å². The lowest BCUT2D eigenvalue weighted by molar-refractivity contribution is 0.390. The Hall–Kier alpha value is -0.700. The normalized spacial score (nSPS) is 12.3. The first-order valence-corrected chi connectivity index (χ1v) is 5.63. The topological polar surface area (TPSA) is 18.5 Å². The van der Waals surface area contributed by atoms with Crippen molar-refractivity contribution >= 4 is 15.9 Å². The van der Waals surface area contributed by atoms with Gasteiger partial charge in [0, 0.05) is 11.4 Å². The fraction of sp³-hybridized carbons (Fsp3) is 0.455. The summed E-state index contributed by atoms with van der Waals surface area (Å²) in [6.07, 6.45) is 0. The smallest absolute Gasteiger partial charge is 0.126 e. The average Bonchev–Trinajstić information content (AvgIpc) is 2.27.